The molecule has 0 aromatic heterocycles. The number of alkyl halides is 2. The van der Waals surface area contributed by atoms with E-state index in [0.717, 1.165) is 6.07 Å². The number of hydrogen-bond donors (Lipinski definition) is 0. The van der Waals surface area contributed by atoms with Gasteiger partial charge in [0.05, 0.1) is 5.02 Å². The quantitative estimate of drug-likeness (QED) is 0.726. The molecule has 1 aromatic carbocycles. The van der Waals surface area contributed by atoms with Crippen molar-refractivity contribution in [2.45, 2.75) is 5.66 Å². The van der Waals surface area contributed by atoms with E-state index < -0.39 is 5.66 Å². The van der Waals surface area contributed by atoms with Crippen molar-refractivity contribution in [2.75, 3.05) is 0 Å². The van der Waals surface area contributed by atoms with Gasteiger partial charge in [-0.15, -0.1) is 0 Å². The third-order valence-corrected chi connectivity index (χ3v) is 2.54. The van der Waals surface area contributed by atoms with E-state index in [4.69, 9.17) is 11.6 Å². The summed E-state index contributed by atoms with van der Waals surface area (Å²) in [5.41, 5.74) is -3.42. The predicted molar refractivity (Wildman–Crippen MR) is 52.3 cm³/mol. The Hall–Kier alpha value is -0.100. The second kappa shape index (κ2) is 3.96. The second-order valence-electron chi connectivity index (χ2n) is 2.38. The van der Waals surface area contributed by atoms with Crippen LogP contribution < -0.4 is 5.30 Å². The molecule has 1 aromatic rings. The monoisotopic (exact) mass is 240 g/mol. The van der Waals surface area contributed by atoms with Crippen molar-refractivity contribution in [3.8, 4) is 0 Å². The first-order valence-electron chi connectivity index (χ1n) is 3.25. The molecular weight excluding hydrogens is 235 g/mol. The second-order valence-corrected chi connectivity index (χ2v) is 4.21. The molecule has 0 saturated carbocycles. The highest BCUT2D eigenvalue weighted by molar-refractivity contribution is 7.34. The van der Waals surface area contributed by atoms with Crippen molar-refractivity contribution in [2.24, 2.45) is 0 Å². The topological polar surface area (TPSA) is 17.1 Å². The normalized spacial score (nSPS) is 12.0. The van der Waals surface area contributed by atoms with Crippen LogP contribution in [0.15, 0.2) is 18.2 Å². The average Bonchev–Trinajstić information content (AvgIpc) is 2.03. The van der Waals surface area contributed by atoms with Crippen LogP contribution in [0.25, 0.3) is 0 Å². The molecule has 0 aliphatic rings. The van der Waals surface area contributed by atoms with Gasteiger partial charge in [-0.2, -0.15) is 8.78 Å². The zero-order valence-electron chi connectivity index (χ0n) is 6.30. The van der Waals surface area contributed by atoms with Gasteiger partial charge in [0.15, 0.2) is 8.46 Å². The fraction of sp³-hybridized carbons (Fsp3) is 0.143. The molecule has 70 valence electrons. The molecule has 0 aliphatic heterocycles. The lowest BCUT2D eigenvalue weighted by Crippen LogP contribution is -2.06. The Labute approximate surface area is 82.9 Å². The van der Waals surface area contributed by atoms with Crippen molar-refractivity contribution in [1.29, 1.82) is 0 Å². The highest BCUT2D eigenvalue weighted by atomic mass is 35.5. The Morgan fingerprint density at radius 1 is 1.46 bits per heavy atom. The van der Waals surface area contributed by atoms with Gasteiger partial charge in [-0.1, -0.05) is 20.8 Å². The van der Waals surface area contributed by atoms with E-state index in [0.29, 0.717) is 0 Å². The lowest BCUT2D eigenvalue weighted by molar-refractivity contribution is 0.104. The van der Waals surface area contributed by atoms with Crippen LogP contribution in [0.3, 0.4) is 0 Å². The Balaban J connectivity index is 3.27. The Morgan fingerprint density at radius 3 is 2.54 bits per heavy atom. The minimum Gasteiger partial charge on any atom is -0.269 e. The molecule has 0 spiro atoms. The van der Waals surface area contributed by atoms with Gasteiger partial charge in [-0.3, -0.25) is 4.57 Å². The first-order chi connectivity index (χ1) is 5.95. The molecular formula is C7H5ClF2OP2. The molecule has 0 heterocycles. The summed E-state index contributed by atoms with van der Waals surface area (Å²) < 4.78 is 36.0. The smallest absolute Gasteiger partial charge is 0.269 e. The fourth-order valence-electron chi connectivity index (χ4n) is 0.825. The van der Waals surface area contributed by atoms with Crippen LogP contribution >= 0.6 is 29.3 Å². The molecule has 6 heteroatoms. The lowest BCUT2D eigenvalue weighted by Gasteiger charge is -2.12. The van der Waals surface area contributed by atoms with Gasteiger partial charge in [0, 0.05) is 10.9 Å². The molecule has 13 heavy (non-hydrogen) atoms. The van der Waals surface area contributed by atoms with E-state index in [9.17, 15) is 13.3 Å². The maximum absolute atomic E-state index is 12.8. The summed E-state index contributed by atoms with van der Waals surface area (Å²) >= 11 is 5.54. The summed E-state index contributed by atoms with van der Waals surface area (Å²) in [7, 11) is 1.09. The first-order valence-corrected chi connectivity index (χ1v) is 5.02. The number of benzene rings is 1. The Bertz CT molecular complexity index is 338. The van der Waals surface area contributed by atoms with Crippen LogP contribution in [0, 0.1) is 0 Å². The van der Waals surface area contributed by atoms with Crippen LogP contribution in [0.1, 0.15) is 5.56 Å². The lowest BCUT2D eigenvalue weighted by atomic mass is 10.2. The van der Waals surface area contributed by atoms with Crippen molar-refractivity contribution in [3.63, 3.8) is 0 Å². The first kappa shape index (κ1) is 11.0. The number of rotatable bonds is 2. The van der Waals surface area contributed by atoms with Gasteiger partial charge < -0.3 is 0 Å². The van der Waals surface area contributed by atoms with Crippen LogP contribution in [0.4, 0.5) is 8.78 Å². The summed E-state index contributed by atoms with van der Waals surface area (Å²) in [5, 5.41) is 0.244. The van der Waals surface area contributed by atoms with E-state index in [1.54, 1.807) is 0 Å². The standard InChI is InChI=1S/C7H5ClF2OP2/c8-6-2-1-4(13-11)3-5(6)7(9,10)12/h1-3H,12H2. The van der Waals surface area contributed by atoms with Crippen molar-refractivity contribution >= 4 is 34.6 Å². The van der Waals surface area contributed by atoms with Crippen molar-refractivity contribution in [3.05, 3.63) is 28.8 Å². The Morgan fingerprint density at radius 2 is 2.08 bits per heavy atom. The van der Waals surface area contributed by atoms with Gasteiger partial charge in [0.1, 0.15) is 0 Å². The molecule has 0 N–H and O–H groups in total. The van der Waals surface area contributed by atoms with Gasteiger partial charge in [-0.05, 0) is 18.2 Å². The molecule has 1 nitrogen and oxygen atoms in total. The number of hydrogen-bond acceptors (Lipinski definition) is 1. The molecule has 1 atom stereocenters. The summed E-state index contributed by atoms with van der Waals surface area (Å²) in [5.74, 6) is 0. The maximum Gasteiger partial charge on any atom is 0.285 e. The molecule has 0 aliphatic carbocycles. The zero-order valence-corrected chi connectivity index (χ0v) is 9.10. The highest BCUT2D eigenvalue weighted by Crippen LogP contribution is 2.38. The molecule has 0 saturated heterocycles. The largest absolute Gasteiger partial charge is 0.285 e. The SMILES string of the molecule is O=Pc1ccc(Cl)c(C(F)(F)P)c1. The highest BCUT2D eigenvalue weighted by Gasteiger charge is 2.27. The molecule has 1 rings (SSSR count). The molecule has 1 unspecified atom stereocenters. The fourth-order valence-corrected chi connectivity index (χ4v) is 1.72. The summed E-state index contributed by atoms with van der Waals surface area (Å²) in [6.07, 6.45) is 0. The van der Waals surface area contributed by atoms with Crippen molar-refractivity contribution < 1.29 is 13.3 Å². The zero-order chi connectivity index (χ0) is 10.1. The minimum absolute atomic E-state index is 0.0348. The van der Waals surface area contributed by atoms with E-state index in [-0.39, 0.29) is 24.4 Å². The average molecular weight is 241 g/mol. The van der Waals surface area contributed by atoms with E-state index in [1.807, 2.05) is 0 Å². The van der Waals surface area contributed by atoms with Crippen molar-refractivity contribution in [1.82, 2.24) is 0 Å². The Kier molecular flexibility index (Phi) is 3.34. The third-order valence-electron chi connectivity index (χ3n) is 1.41. The summed E-state index contributed by atoms with van der Waals surface area (Å²) in [6, 6.07) is 3.84. The molecule has 0 radical (unpaired) electrons. The minimum atomic E-state index is -3.09. The number of halogens is 3. The van der Waals surface area contributed by atoms with E-state index >= 15 is 0 Å². The van der Waals surface area contributed by atoms with Crippen LogP contribution in [0.5, 0.6) is 0 Å². The molecule has 0 amide bonds. The predicted octanol–water partition coefficient (Wildman–Crippen LogP) is 3.18. The summed E-state index contributed by atoms with van der Waals surface area (Å²) in [6.45, 7) is 0. The van der Waals surface area contributed by atoms with E-state index in [2.05, 4.69) is 0 Å². The molecule has 0 fully saturated rings. The van der Waals surface area contributed by atoms with Crippen LogP contribution in [-0.4, -0.2) is 0 Å². The van der Waals surface area contributed by atoms with Gasteiger partial charge in [0.2, 0.25) is 0 Å². The van der Waals surface area contributed by atoms with E-state index in [1.165, 1.54) is 21.4 Å². The van der Waals surface area contributed by atoms with Crippen LogP contribution in [-0.2, 0) is 10.2 Å². The third kappa shape index (κ3) is 2.67. The molecule has 0 bridgehead atoms. The van der Waals surface area contributed by atoms with Gasteiger partial charge in [-0.25, -0.2) is 0 Å². The summed E-state index contributed by atoms with van der Waals surface area (Å²) in [4.78, 5) is 0. The van der Waals surface area contributed by atoms with Crippen LogP contribution in [0.2, 0.25) is 5.02 Å². The van der Waals surface area contributed by atoms with Gasteiger partial charge in [0.25, 0.3) is 5.66 Å². The van der Waals surface area contributed by atoms with Gasteiger partial charge >= 0.3 is 0 Å². The maximum atomic E-state index is 12.8.